The van der Waals surface area contributed by atoms with Crippen molar-refractivity contribution in [2.75, 3.05) is 16.0 Å². The van der Waals surface area contributed by atoms with Crippen molar-refractivity contribution >= 4 is 28.9 Å². The van der Waals surface area contributed by atoms with Crippen LogP contribution in [-0.4, -0.2) is 16.8 Å². The van der Waals surface area contributed by atoms with Crippen molar-refractivity contribution in [3.05, 3.63) is 120 Å². The summed E-state index contributed by atoms with van der Waals surface area (Å²) in [4.78, 5) is 29.0. The van der Waals surface area contributed by atoms with Gasteiger partial charge in [0, 0.05) is 41.1 Å². The summed E-state index contributed by atoms with van der Waals surface area (Å²) in [6.07, 6.45) is 3.10. The van der Waals surface area contributed by atoms with Crippen LogP contribution in [0.3, 0.4) is 0 Å². The van der Waals surface area contributed by atoms with Gasteiger partial charge in [0.1, 0.15) is 0 Å². The van der Waals surface area contributed by atoms with Crippen LogP contribution in [0.5, 0.6) is 0 Å². The van der Waals surface area contributed by atoms with Crippen molar-refractivity contribution in [2.24, 2.45) is 0 Å². The fraction of sp³-hybridized carbons (Fsp3) is 0.0741. The van der Waals surface area contributed by atoms with Crippen LogP contribution < -0.4 is 16.0 Å². The lowest BCUT2D eigenvalue weighted by Gasteiger charge is -2.16. The van der Waals surface area contributed by atoms with Gasteiger partial charge in [-0.15, -0.1) is 0 Å². The van der Waals surface area contributed by atoms with Gasteiger partial charge in [-0.3, -0.25) is 14.6 Å². The van der Waals surface area contributed by atoms with E-state index in [1.807, 2.05) is 42.5 Å². The van der Waals surface area contributed by atoms with Crippen LogP contribution in [-0.2, 0) is 0 Å². The van der Waals surface area contributed by atoms with Gasteiger partial charge < -0.3 is 16.0 Å². The second kappa shape index (κ2) is 10.2. The molecule has 0 aliphatic carbocycles. The highest BCUT2D eigenvalue weighted by molar-refractivity contribution is 6.07. The second-order valence-electron chi connectivity index (χ2n) is 7.58. The van der Waals surface area contributed by atoms with E-state index in [1.54, 1.807) is 42.6 Å². The van der Waals surface area contributed by atoms with E-state index in [-0.39, 0.29) is 17.9 Å². The molecule has 0 saturated heterocycles. The maximum absolute atomic E-state index is 12.7. The SMILES string of the molecule is CC(Nc1ccc(NC(=O)c2cccc(NC(=O)c3cccnc3)c2)cc1)c1ccccc1. The minimum absolute atomic E-state index is 0.163. The summed E-state index contributed by atoms with van der Waals surface area (Å²) in [5, 5.41) is 9.13. The molecular weight excluding hydrogens is 412 g/mol. The van der Waals surface area contributed by atoms with Gasteiger partial charge in [0.05, 0.1) is 5.56 Å². The average Bonchev–Trinajstić information content (AvgIpc) is 2.86. The molecule has 0 radical (unpaired) electrons. The Hall–Kier alpha value is -4.45. The lowest BCUT2D eigenvalue weighted by molar-refractivity contribution is 0.101. The number of hydrogen-bond acceptors (Lipinski definition) is 4. The van der Waals surface area contributed by atoms with E-state index < -0.39 is 0 Å². The Morgan fingerprint density at radius 1 is 0.697 bits per heavy atom. The molecule has 4 rings (SSSR count). The van der Waals surface area contributed by atoms with Crippen LogP contribution in [0.15, 0.2) is 103 Å². The third-order valence-corrected chi connectivity index (χ3v) is 5.13. The molecule has 0 fully saturated rings. The Morgan fingerprint density at radius 2 is 1.36 bits per heavy atom. The molecule has 6 nitrogen and oxygen atoms in total. The van der Waals surface area contributed by atoms with Crippen molar-refractivity contribution in [1.29, 1.82) is 0 Å². The fourth-order valence-electron chi connectivity index (χ4n) is 3.37. The zero-order valence-electron chi connectivity index (χ0n) is 18.2. The third kappa shape index (κ3) is 5.83. The number of rotatable bonds is 7. The van der Waals surface area contributed by atoms with Crippen LogP contribution in [0.25, 0.3) is 0 Å². The smallest absolute Gasteiger partial charge is 0.257 e. The summed E-state index contributed by atoms with van der Waals surface area (Å²) in [5.74, 6) is -0.542. The number of benzene rings is 3. The maximum Gasteiger partial charge on any atom is 0.257 e. The molecule has 1 aromatic heterocycles. The first-order chi connectivity index (χ1) is 16.1. The van der Waals surface area contributed by atoms with Gasteiger partial charge in [0.25, 0.3) is 11.8 Å². The normalized spacial score (nSPS) is 11.3. The largest absolute Gasteiger partial charge is 0.379 e. The number of carbonyl (C=O) groups is 2. The Morgan fingerprint density at radius 3 is 2.09 bits per heavy atom. The van der Waals surface area contributed by atoms with E-state index in [2.05, 4.69) is 40.0 Å². The summed E-state index contributed by atoms with van der Waals surface area (Å²) in [7, 11) is 0. The molecule has 0 saturated carbocycles. The molecule has 3 N–H and O–H groups in total. The number of aromatic nitrogens is 1. The minimum Gasteiger partial charge on any atom is -0.379 e. The average molecular weight is 437 g/mol. The highest BCUT2D eigenvalue weighted by atomic mass is 16.2. The van der Waals surface area contributed by atoms with E-state index >= 15 is 0 Å². The molecule has 0 aliphatic rings. The van der Waals surface area contributed by atoms with Gasteiger partial charge in [0.2, 0.25) is 0 Å². The van der Waals surface area contributed by atoms with Gasteiger partial charge in [-0.05, 0) is 67.1 Å². The number of nitrogens with zero attached hydrogens (tertiary/aromatic N) is 1. The Kier molecular flexibility index (Phi) is 6.75. The molecule has 2 amide bonds. The molecule has 3 aromatic carbocycles. The van der Waals surface area contributed by atoms with Crippen molar-refractivity contribution in [1.82, 2.24) is 4.98 Å². The van der Waals surface area contributed by atoms with E-state index in [1.165, 1.54) is 11.8 Å². The Labute approximate surface area is 192 Å². The number of carbonyl (C=O) groups excluding carboxylic acids is 2. The van der Waals surface area contributed by atoms with Crippen LogP contribution in [0.2, 0.25) is 0 Å². The standard InChI is InChI=1S/C27H24N4O2/c1-19(20-7-3-2-4-8-20)29-23-12-14-24(15-13-23)30-26(32)21-9-5-11-25(17-21)31-27(33)22-10-6-16-28-18-22/h2-19,29H,1H3,(H,30,32)(H,31,33). The molecule has 33 heavy (non-hydrogen) atoms. The number of hydrogen-bond donors (Lipinski definition) is 3. The van der Waals surface area contributed by atoms with Gasteiger partial charge >= 0.3 is 0 Å². The predicted molar refractivity (Wildman–Crippen MR) is 132 cm³/mol. The first-order valence-electron chi connectivity index (χ1n) is 10.6. The Bertz CT molecular complexity index is 1230. The zero-order chi connectivity index (χ0) is 23.0. The van der Waals surface area contributed by atoms with Crippen molar-refractivity contribution < 1.29 is 9.59 Å². The molecule has 0 bridgehead atoms. The molecule has 0 aliphatic heterocycles. The molecule has 0 spiro atoms. The van der Waals surface area contributed by atoms with Gasteiger partial charge in [-0.1, -0.05) is 36.4 Å². The highest BCUT2D eigenvalue weighted by Gasteiger charge is 2.10. The second-order valence-corrected chi connectivity index (χ2v) is 7.58. The molecule has 4 aromatic rings. The molecule has 1 unspecified atom stereocenters. The van der Waals surface area contributed by atoms with E-state index in [0.717, 1.165) is 5.69 Å². The lowest BCUT2D eigenvalue weighted by Crippen LogP contribution is -2.14. The van der Waals surface area contributed by atoms with Crippen molar-refractivity contribution in [2.45, 2.75) is 13.0 Å². The maximum atomic E-state index is 12.7. The Balaban J connectivity index is 1.37. The third-order valence-electron chi connectivity index (χ3n) is 5.13. The topological polar surface area (TPSA) is 83.1 Å². The molecule has 6 heteroatoms. The van der Waals surface area contributed by atoms with Crippen LogP contribution >= 0.6 is 0 Å². The number of pyridine rings is 1. The van der Waals surface area contributed by atoms with Gasteiger partial charge in [0.15, 0.2) is 0 Å². The summed E-state index contributed by atoms with van der Waals surface area (Å²) in [5.41, 5.74) is 4.27. The molecular formula is C27H24N4O2. The fourth-order valence-corrected chi connectivity index (χ4v) is 3.37. The molecule has 1 heterocycles. The summed E-state index contributed by atoms with van der Waals surface area (Å²) in [6.45, 7) is 2.10. The highest BCUT2D eigenvalue weighted by Crippen LogP contribution is 2.21. The number of nitrogens with one attached hydrogen (secondary N) is 3. The summed E-state index contributed by atoms with van der Waals surface area (Å²) >= 11 is 0. The minimum atomic E-state index is -0.284. The monoisotopic (exact) mass is 436 g/mol. The van der Waals surface area contributed by atoms with Crippen LogP contribution in [0.4, 0.5) is 17.1 Å². The van der Waals surface area contributed by atoms with Gasteiger partial charge in [-0.25, -0.2) is 0 Å². The van der Waals surface area contributed by atoms with E-state index in [0.29, 0.717) is 22.5 Å². The predicted octanol–water partition coefficient (Wildman–Crippen LogP) is 5.76. The van der Waals surface area contributed by atoms with Gasteiger partial charge in [-0.2, -0.15) is 0 Å². The summed E-state index contributed by atoms with van der Waals surface area (Å²) < 4.78 is 0. The zero-order valence-corrected chi connectivity index (χ0v) is 18.2. The van der Waals surface area contributed by atoms with Crippen LogP contribution in [0, 0.1) is 0 Å². The lowest BCUT2D eigenvalue weighted by atomic mass is 10.1. The molecule has 164 valence electrons. The van der Waals surface area contributed by atoms with Crippen LogP contribution in [0.1, 0.15) is 39.2 Å². The first-order valence-corrected chi connectivity index (χ1v) is 10.6. The number of anilines is 3. The van der Waals surface area contributed by atoms with E-state index in [4.69, 9.17) is 0 Å². The van der Waals surface area contributed by atoms with Crippen molar-refractivity contribution in [3.63, 3.8) is 0 Å². The van der Waals surface area contributed by atoms with E-state index in [9.17, 15) is 9.59 Å². The number of amides is 2. The first kappa shape index (κ1) is 21.8. The quantitative estimate of drug-likeness (QED) is 0.344. The molecule has 1 atom stereocenters. The summed E-state index contributed by atoms with van der Waals surface area (Å²) in [6, 6.07) is 28.1. The van der Waals surface area contributed by atoms with Crippen molar-refractivity contribution in [3.8, 4) is 0 Å².